The maximum atomic E-state index is 3.31. The van der Waals surface area contributed by atoms with Crippen LogP contribution in [0.4, 0.5) is 0 Å². The van der Waals surface area contributed by atoms with Crippen LogP contribution in [0.5, 0.6) is 0 Å². The molecule has 0 aliphatic heterocycles. The van der Waals surface area contributed by atoms with Crippen molar-refractivity contribution in [1.29, 1.82) is 0 Å². The van der Waals surface area contributed by atoms with Crippen LogP contribution in [0.2, 0.25) is 0 Å². The Hall–Kier alpha value is 2.11. The molecule has 0 unspecified atom stereocenters. The second-order valence-corrected chi connectivity index (χ2v) is 17.2. The van der Waals surface area contributed by atoms with E-state index < -0.39 is 0 Å². The van der Waals surface area contributed by atoms with E-state index >= 15 is 0 Å². The maximum absolute atomic E-state index is 3.31. The summed E-state index contributed by atoms with van der Waals surface area (Å²) in [6.45, 7) is 0. The third-order valence-corrected chi connectivity index (χ3v) is 0. The van der Waals surface area contributed by atoms with Crippen molar-refractivity contribution in [2.45, 2.75) is 0 Å². The highest BCUT2D eigenvalue weighted by Gasteiger charge is 1.56. The van der Waals surface area contributed by atoms with Crippen molar-refractivity contribution < 1.29 is 0 Å². The van der Waals surface area contributed by atoms with E-state index in [-0.39, 0.29) is 0 Å². The second kappa shape index (κ2) is 3.31. The molecule has 0 bridgehead atoms. The SMILES string of the molecule is P=S(I)I. The molecule has 0 rings (SSSR count). The molecule has 26 valence electrons. The summed E-state index contributed by atoms with van der Waals surface area (Å²) in [4.78, 5) is 0. The molecule has 0 N–H and O–H groups in total. The molecule has 0 amide bonds. The van der Waals surface area contributed by atoms with Crippen molar-refractivity contribution in [3.63, 3.8) is 0 Å². The lowest BCUT2D eigenvalue weighted by Gasteiger charge is -1.61. The van der Waals surface area contributed by atoms with Crippen LogP contribution in [-0.2, 0) is 4.42 Å². The Morgan fingerprint density at radius 1 is 1.50 bits per heavy atom. The van der Waals surface area contributed by atoms with E-state index in [1.807, 2.05) is 0 Å². The van der Waals surface area contributed by atoms with E-state index in [9.17, 15) is 0 Å². The van der Waals surface area contributed by atoms with E-state index in [0.29, 0.717) is 4.42 Å². The van der Waals surface area contributed by atoms with Gasteiger partial charge in [-0.1, -0.05) is 8.02 Å². The number of hydrogen-bond acceptors (Lipinski definition) is 0. The highest BCUT2D eigenvalue weighted by atomic mass is 127. The lowest BCUT2D eigenvalue weighted by atomic mass is 30.6. The molecular formula is HI2PS. The molecule has 0 spiro atoms. The van der Waals surface area contributed by atoms with Gasteiger partial charge in [0.2, 0.25) is 0 Å². The largest absolute Gasteiger partial charge is 0.0701 e. The Kier molecular flexibility index (Phi) is 5.05. The summed E-state index contributed by atoms with van der Waals surface area (Å²) in [5, 5.41) is 0. The van der Waals surface area contributed by atoms with Gasteiger partial charge in [-0.2, -0.15) is 0 Å². The summed E-state index contributed by atoms with van der Waals surface area (Å²) in [5.74, 6) is 0. The first-order valence-corrected chi connectivity index (χ1v) is 8.05. The average molecular weight is 318 g/mol. The van der Waals surface area contributed by atoms with Gasteiger partial charge in [-0.25, -0.2) is 0 Å². The normalized spacial score (nSPS) is 8.75. The predicted molar refractivity (Wildman–Crippen MR) is 43.7 cm³/mol. The molecule has 0 saturated heterocycles. The van der Waals surface area contributed by atoms with Gasteiger partial charge in [0.15, 0.2) is 0 Å². The van der Waals surface area contributed by atoms with Crippen LogP contribution < -0.4 is 0 Å². The summed E-state index contributed by atoms with van der Waals surface area (Å²) < 4.78 is 0.384. The molecule has 0 aromatic carbocycles. The minimum Gasteiger partial charge on any atom is -0.0701 e. The Balaban J connectivity index is 2.80. The summed E-state index contributed by atoms with van der Waals surface area (Å²) in [6, 6.07) is 0. The molecule has 0 heterocycles. The van der Waals surface area contributed by atoms with Gasteiger partial charge in [-0.05, 0) is 4.42 Å². The molecular weight excluding hydrogens is 317 g/mol. The first kappa shape index (κ1) is 6.11. The quantitative estimate of drug-likeness (QED) is 0.475. The van der Waals surface area contributed by atoms with E-state index in [1.165, 1.54) is 0 Å². The Morgan fingerprint density at radius 2 is 1.50 bits per heavy atom. The average Bonchev–Trinajstić information content (AvgIpc) is 0.811. The third kappa shape index (κ3) is 8.93. The molecule has 0 atom stereocenters. The Bertz CT molecular complexity index is 29.0. The maximum Gasteiger partial charge on any atom is 0.00439 e. The first-order chi connectivity index (χ1) is 1.73. The van der Waals surface area contributed by atoms with Gasteiger partial charge in [-0.15, -0.1) is 0 Å². The molecule has 0 aromatic heterocycles. The van der Waals surface area contributed by atoms with Crippen LogP contribution in [0.15, 0.2) is 0 Å². The molecule has 0 aromatic rings. The standard InChI is InChI=1S/HI2PS/c1-4(2)3/h3H. The summed E-state index contributed by atoms with van der Waals surface area (Å²) in [6.07, 6.45) is 0. The fraction of sp³-hybridized carbons (Fsp3) is 0. The molecule has 4 heteroatoms. The predicted octanol–water partition coefficient (Wildman–Crippen LogP) is 2.36. The number of hydrogen-bond donors (Lipinski definition) is 0. The van der Waals surface area contributed by atoms with Crippen LogP contribution >= 0.6 is 50.4 Å². The van der Waals surface area contributed by atoms with Crippen LogP contribution in [0.1, 0.15) is 0 Å². The first-order valence-electron chi connectivity index (χ1n) is 0.513. The van der Waals surface area contributed by atoms with Crippen molar-refractivity contribution in [3.05, 3.63) is 0 Å². The highest BCUT2D eigenvalue weighted by molar-refractivity contribution is 14.3. The topological polar surface area (TPSA) is 0 Å². The molecule has 0 aliphatic rings. The van der Waals surface area contributed by atoms with Gasteiger partial charge < -0.3 is 0 Å². The highest BCUT2D eigenvalue weighted by Crippen LogP contribution is 2.08. The van der Waals surface area contributed by atoms with Crippen LogP contribution in [0.25, 0.3) is 0 Å². The molecule has 0 fully saturated rings. The van der Waals surface area contributed by atoms with Crippen molar-refractivity contribution in [2.24, 2.45) is 0 Å². The molecule has 0 aliphatic carbocycles. The van der Waals surface area contributed by atoms with E-state index in [4.69, 9.17) is 0 Å². The molecule has 4 heavy (non-hydrogen) atoms. The second-order valence-electron chi connectivity index (χ2n) is 0.213. The third-order valence-electron chi connectivity index (χ3n) is 0. The Labute approximate surface area is 54.1 Å². The van der Waals surface area contributed by atoms with Gasteiger partial charge in [0.1, 0.15) is 0 Å². The molecule has 0 saturated carbocycles. The van der Waals surface area contributed by atoms with Crippen molar-refractivity contribution in [3.8, 4) is 0 Å². The smallest absolute Gasteiger partial charge is 0.00439 e. The minimum absolute atomic E-state index is 0.384. The lowest BCUT2D eigenvalue weighted by molar-refractivity contribution is 6.30. The van der Waals surface area contributed by atoms with Crippen LogP contribution in [-0.4, -0.2) is 0 Å². The fourth-order valence-electron chi connectivity index (χ4n) is 0. The number of halogens is 2. The zero-order valence-electron chi connectivity index (χ0n) is 1.66. The number of rotatable bonds is 0. The van der Waals surface area contributed by atoms with Gasteiger partial charge in [0, 0.05) is 42.4 Å². The molecule has 0 nitrogen and oxygen atoms in total. The fourth-order valence-corrected chi connectivity index (χ4v) is 0. The van der Waals surface area contributed by atoms with E-state index in [0.717, 1.165) is 0 Å². The summed E-state index contributed by atoms with van der Waals surface area (Å²) >= 11 is 4.54. The van der Waals surface area contributed by atoms with E-state index in [1.54, 1.807) is 0 Å². The van der Waals surface area contributed by atoms with Crippen LogP contribution in [0.3, 0.4) is 0 Å². The van der Waals surface area contributed by atoms with Gasteiger partial charge in [0.25, 0.3) is 0 Å². The zero-order valence-corrected chi connectivity index (χ0v) is 7.80. The van der Waals surface area contributed by atoms with Gasteiger partial charge in [-0.3, -0.25) is 0 Å². The monoisotopic (exact) mass is 318 g/mol. The van der Waals surface area contributed by atoms with Crippen molar-refractivity contribution >= 4 is 54.8 Å². The lowest BCUT2D eigenvalue weighted by Crippen LogP contribution is -1.20. The van der Waals surface area contributed by atoms with Gasteiger partial charge in [0.05, 0.1) is 0 Å². The Morgan fingerprint density at radius 3 is 1.50 bits per heavy atom. The minimum atomic E-state index is 0.384. The van der Waals surface area contributed by atoms with Crippen LogP contribution in [0, 0.1) is 0 Å². The van der Waals surface area contributed by atoms with Crippen molar-refractivity contribution in [1.82, 2.24) is 0 Å². The van der Waals surface area contributed by atoms with Gasteiger partial charge >= 0.3 is 0 Å². The van der Waals surface area contributed by atoms with E-state index in [2.05, 4.69) is 50.4 Å². The molecule has 0 radical (unpaired) electrons. The summed E-state index contributed by atoms with van der Waals surface area (Å²) in [5.41, 5.74) is 0. The summed E-state index contributed by atoms with van der Waals surface area (Å²) in [7, 11) is 3.31. The zero-order chi connectivity index (χ0) is 3.58. The van der Waals surface area contributed by atoms with Crippen molar-refractivity contribution in [2.75, 3.05) is 0 Å².